The number of halogens is 1. The molecule has 0 saturated heterocycles. The first-order valence-corrected chi connectivity index (χ1v) is 2.44. The maximum atomic E-state index is 3.10. The second kappa shape index (κ2) is 2.37. The number of quaternary nitrogens is 1. The Labute approximate surface area is 56.2 Å². The Morgan fingerprint density at radius 3 is 2.25 bits per heavy atom. The third-order valence-corrected chi connectivity index (χ3v) is 1.09. The Balaban J connectivity index is 0.000000490. The second-order valence-electron chi connectivity index (χ2n) is 2.46. The molecule has 0 saturated carbocycles. The van der Waals surface area contributed by atoms with Gasteiger partial charge in [0.15, 0.2) is 6.67 Å². The highest BCUT2D eigenvalue weighted by atomic mass is 35.5. The van der Waals surface area contributed by atoms with E-state index in [0.29, 0.717) is 0 Å². The van der Waals surface area contributed by atoms with E-state index in [1.807, 2.05) is 6.20 Å². The van der Waals surface area contributed by atoms with Gasteiger partial charge in [0.1, 0.15) is 6.20 Å². The zero-order chi connectivity index (χ0) is 5.33. The highest BCUT2D eigenvalue weighted by Crippen LogP contribution is 1.99. The molecule has 0 aromatic heterocycles. The molecule has 1 N–H and O–H groups in total. The van der Waals surface area contributed by atoms with Crippen LogP contribution in [0.3, 0.4) is 0 Å². The zero-order valence-electron chi connectivity index (χ0n) is 5.19. The van der Waals surface area contributed by atoms with Gasteiger partial charge in [0.2, 0.25) is 0 Å². The number of rotatable bonds is 0. The van der Waals surface area contributed by atoms with Gasteiger partial charge in [-0.2, -0.15) is 0 Å². The van der Waals surface area contributed by atoms with E-state index in [0.717, 1.165) is 11.2 Å². The molecule has 2 nitrogen and oxygen atoms in total. The molecule has 0 spiro atoms. The van der Waals surface area contributed by atoms with Gasteiger partial charge >= 0.3 is 0 Å². The van der Waals surface area contributed by atoms with Crippen molar-refractivity contribution in [2.45, 2.75) is 0 Å². The van der Waals surface area contributed by atoms with Crippen molar-refractivity contribution < 1.29 is 16.9 Å². The van der Waals surface area contributed by atoms with E-state index in [4.69, 9.17) is 0 Å². The second-order valence-corrected chi connectivity index (χ2v) is 2.46. The summed E-state index contributed by atoms with van der Waals surface area (Å²) in [6, 6.07) is 0. The van der Waals surface area contributed by atoms with Gasteiger partial charge in [-0.15, -0.1) is 0 Å². The summed E-state index contributed by atoms with van der Waals surface area (Å²) in [5, 5.41) is 3.10. The van der Waals surface area contributed by atoms with E-state index < -0.39 is 0 Å². The van der Waals surface area contributed by atoms with Crippen LogP contribution in [0, 0.1) is 0 Å². The maximum Gasteiger partial charge on any atom is 0.155 e. The van der Waals surface area contributed by atoms with Crippen molar-refractivity contribution in [3.05, 3.63) is 12.4 Å². The van der Waals surface area contributed by atoms with Crippen molar-refractivity contribution in [2.75, 3.05) is 20.8 Å². The van der Waals surface area contributed by atoms with Gasteiger partial charge in [-0.1, -0.05) is 0 Å². The highest BCUT2D eigenvalue weighted by molar-refractivity contribution is 4.74. The molecule has 0 atom stereocenters. The van der Waals surface area contributed by atoms with Crippen LogP contribution in [0.1, 0.15) is 0 Å². The normalized spacial score (nSPS) is 21.8. The first-order valence-electron chi connectivity index (χ1n) is 2.44. The minimum absolute atomic E-state index is 0. The summed E-state index contributed by atoms with van der Waals surface area (Å²) < 4.78 is 0.958. The van der Waals surface area contributed by atoms with E-state index in [1.54, 1.807) is 0 Å². The summed E-state index contributed by atoms with van der Waals surface area (Å²) in [5.74, 6) is 0. The Bertz CT molecular complexity index is 98.6. The molecule has 0 unspecified atom stereocenters. The van der Waals surface area contributed by atoms with Gasteiger partial charge in [0, 0.05) is 0 Å². The molecule has 0 aromatic rings. The van der Waals surface area contributed by atoms with E-state index in [-0.39, 0.29) is 12.4 Å². The van der Waals surface area contributed by atoms with Crippen LogP contribution in [0.4, 0.5) is 0 Å². The van der Waals surface area contributed by atoms with E-state index >= 15 is 0 Å². The Morgan fingerprint density at radius 1 is 1.50 bits per heavy atom. The smallest absolute Gasteiger partial charge is 0.155 e. The van der Waals surface area contributed by atoms with Gasteiger partial charge in [0.05, 0.1) is 20.3 Å². The lowest BCUT2D eigenvalue weighted by Crippen LogP contribution is -3.00. The number of nitrogens with one attached hydrogen (secondary N) is 1. The molecule has 0 bridgehead atoms. The molecule has 0 aromatic carbocycles. The molecule has 0 fully saturated rings. The molecule has 1 heterocycles. The summed E-state index contributed by atoms with van der Waals surface area (Å²) >= 11 is 0. The molecule has 1 aliphatic heterocycles. The average molecular weight is 135 g/mol. The molecule has 1 rings (SSSR count). The van der Waals surface area contributed by atoms with Crippen molar-refractivity contribution in [1.29, 1.82) is 0 Å². The first-order chi connectivity index (χ1) is 3.21. The summed E-state index contributed by atoms with van der Waals surface area (Å²) in [5.41, 5.74) is 0. The number of hydrogen-bond donors (Lipinski definition) is 1. The molecular formula is C5H11ClN2. The topological polar surface area (TPSA) is 12.0 Å². The molecular weight excluding hydrogens is 124 g/mol. The summed E-state index contributed by atoms with van der Waals surface area (Å²) in [4.78, 5) is 0. The fourth-order valence-electron chi connectivity index (χ4n) is 0.595. The molecule has 0 radical (unpaired) electrons. The lowest BCUT2D eigenvalue weighted by Gasteiger charge is -2.17. The minimum atomic E-state index is 0. The first kappa shape index (κ1) is 7.79. The fraction of sp³-hybridized carbons (Fsp3) is 0.600. The van der Waals surface area contributed by atoms with Crippen LogP contribution in [-0.4, -0.2) is 25.2 Å². The summed E-state index contributed by atoms with van der Waals surface area (Å²) in [6.07, 6.45) is 4.11. The Morgan fingerprint density at radius 2 is 2.12 bits per heavy atom. The standard InChI is InChI=1S/C5H11N2.ClH/c1-7(2)4-3-6-5-7;/h3-4,6H,5H2,1-2H3;1H/q+1;/p-1. The monoisotopic (exact) mass is 134 g/mol. The van der Waals surface area contributed by atoms with E-state index in [9.17, 15) is 0 Å². The van der Waals surface area contributed by atoms with Crippen molar-refractivity contribution in [1.82, 2.24) is 5.32 Å². The van der Waals surface area contributed by atoms with Crippen molar-refractivity contribution in [3.63, 3.8) is 0 Å². The largest absolute Gasteiger partial charge is 1.00 e. The number of hydrogen-bond acceptors (Lipinski definition) is 1. The molecule has 3 heteroatoms. The quantitative estimate of drug-likeness (QED) is 0.351. The fourth-order valence-corrected chi connectivity index (χ4v) is 0.595. The van der Waals surface area contributed by atoms with Crippen molar-refractivity contribution in [3.8, 4) is 0 Å². The molecule has 0 aliphatic carbocycles. The van der Waals surface area contributed by atoms with Gasteiger partial charge in [-0.3, -0.25) is 4.48 Å². The van der Waals surface area contributed by atoms with Crippen molar-refractivity contribution in [2.24, 2.45) is 0 Å². The molecule has 0 amide bonds. The van der Waals surface area contributed by atoms with Gasteiger partial charge in [-0.25, -0.2) is 0 Å². The zero-order valence-corrected chi connectivity index (χ0v) is 5.94. The van der Waals surface area contributed by atoms with Crippen LogP contribution in [0.2, 0.25) is 0 Å². The van der Waals surface area contributed by atoms with Crippen LogP contribution in [0.5, 0.6) is 0 Å². The average Bonchev–Trinajstić information content (AvgIpc) is 1.84. The lowest BCUT2D eigenvalue weighted by molar-refractivity contribution is -0.834. The summed E-state index contributed by atoms with van der Waals surface area (Å²) in [7, 11) is 4.30. The molecule has 8 heavy (non-hydrogen) atoms. The third kappa shape index (κ3) is 1.72. The molecule has 1 aliphatic rings. The number of nitrogens with zero attached hydrogens (tertiary/aromatic N) is 1. The van der Waals surface area contributed by atoms with Crippen LogP contribution in [-0.2, 0) is 0 Å². The Kier molecular flexibility index (Phi) is 2.31. The van der Waals surface area contributed by atoms with E-state index in [2.05, 4.69) is 25.6 Å². The van der Waals surface area contributed by atoms with Crippen LogP contribution in [0.15, 0.2) is 12.4 Å². The molecule has 48 valence electrons. The SMILES string of the molecule is C[N+]1(C)C=CNC1.[Cl-]. The predicted octanol–water partition coefficient (Wildman–Crippen LogP) is -2.90. The van der Waals surface area contributed by atoms with Crippen LogP contribution < -0.4 is 17.7 Å². The van der Waals surface area contributed by atoms with Crippen LogP contribution in [0.25, 0.3) is 0 Å². The minimum Gasteiger partial charge on any atom is -1.00 e. The van der Waals surface area contributed by atoms with Gasteiger partial charge in [0.25, 0.3) is 0 Å². The highest BCUT2D eigenvalue weighted by Gasteiger charge is 2.12. The lowest BCUT2D eigenvalue weighted by atomic mass is 10.7. The van der Waals surface area contributed by atoms with Gasteiger partial charge in [-0.05, 0) is 0 Å². The maximum absolute atomic E-state index is 3.10. The Hall–Kier alpha value is -0.210. The third-order valence-electron chi connectivity index (χ3n) is 1.09. The summed E-state index contributed by atoms with van der Waals surface area (Å²) in [6.45, 7) is 1.03. The van der Waals surface area contributed by atoms with Crippen molar-refractivity contribution >= 4 is 0 Å². The predicted molar refractivity (Wildman–Crippen MR) is 29.3 cm³/mol. The van der Waals surface area contributed by atoms with E-state index in [1.165, 1.54) is 0 Å². The van der Waals surface area contributed by atoms with Gasteiger partial charge < -0.3 is 17.7 Å². The van der Waals surface area contributed by atoms with Crippen LogP contribution >= 0.6 is 0 Å².